The first kappa shape index (κ1) is 14.4. The van der Waals surface area contributed by atoms with Gasteiger partial charge in [-0.1, -0.05) is 12.1 Å². The molecule has 0 unspecified atom stereocenters. The maximum atomic E-state index is 11.4. The van der Waals surface area contributed by atoms with Crippen molar-refractivity contribution < 1.29 is 19.1 Å². The van der Waals surface area contributed by atoms with E-state index in [9.17, 15) is 9.90 Å². The van der Waals surface area contributed by atoms with E-state index >= 15 is 0 Å². The van der Waals surface area contributed by atoms with E-state index < -0.39 is 5.97 Å². The van der Waals surface area contributed by atoms with E-state index in [-0.39, 0.29) is 12.2 Å². The highest BCUT2D eigenvalue weighted by Gasteiger charge is 2.17. The van der Waals surface area contributed by atoms with E-state index in [1.165, 1.54) is 30.5 Å². The predicted octanol–water partition coefficient (Wildman–Crippen LogP) is 3.14. The molecule has 0 atom stereocenters. The standard InChI is InChI=1S/C17H17NO4/c19-17(20)15(8-9-16-18-10-11-21-16)22-14-7-3-5-12-4-1-2-6-13(12)14/h3,5,7-8,10-11H,1-2,4,6,9H2,(H,19,20). The Kier molecular flexibility index (Phi) is 4.23. The van der Waals surface area contributed by atoms with Crippen LogP contribution < -0.4 is 4.74 Å². The van der Waals surface area contributed by atoms with Gasteiger partial charge in [0.25, 0.3) is 0 Å². The fourth-order valence-corrected chi connectivity index (χ4v) is 2.67. The number of rotatable bonds is 5. The van der Waals surface area contributed by atoms with Crippen molar-refractivity contribution in [3.05, 3.63) is 59.5 Å². The van der Waals surface area contributed by atoms with Gasteiger partial charge >= 0.3 is 5.97 Å². The number of benzene rings is 1. The van der Waals surface area contributed by atoms with Gasteiger partial charge in [-0.3, -0.25) is 0 Å². The van der Waals surface area contributed by atoms with Crippen molar-refractivity contribution in [3.8, 4) is 5.75 Å². The quantitative estimate of drug-likeness (QED) is 0.678. The molecule has 0 amide bonds. The molecule has 1 aliphatic carbocycles. The van der Waals surface area contributed by atoms with Crippen LogP contribution in [0.1, 0.15) is 29.9 Å². The summed E-state index contributed by atoms with van der Waals surface area (Å²) in [4.78, 5) is 15.4. The van der Waals surface area contributed by atoms with Gasteiger partial charge in [0.2, 0.25) is 5.76 Å². The van der Waals surface area contributed by atoms with Crippen LogP contribution in [0, 0.1) is 0 Å². The van der Waals surface area contributed by atoms with Gasteiger partial charge < -0.3 is 14.3 Å². The lowest BCUT2D eigenvalue weighted by Crippen LogP contribution is -2.11. The number of hydrogen-bond acceptors (Lipinski definition) is 4. The fraction of sp³-hybridized carbons (Fsp3) is 0.294. The molecule has 5 heteroatoms. The molecule has 1 N–H and O–H groups in total. The number of allylic oxidation sites excluding steroid dienone is 1. The SMILES string of the molecule is O=C(O)C(=CCc1ncco1)Oc1cccc2c1CCCC2. The van der Waals surface area contributed by atoms with Crippen molar-refractivity contribution in [2.75, 3.05) is 0 Å². The molecule has 22 heavy (non-hydrogen) atoms. The number of fused-ring (bicyclic) bond motifs is 1. The summed E-state index contributed by atoms with van der Waals surface area (Å²) in [7, 11) is 0. The van der Waals surface area contributed by atoms with Gasteiger partial charge in [0.1, 0.15) is 12.0 Å². The van der Waals surface area contributed by atoms with Crippen LogP contribution in [0.2, 0.25) is 0 Å². The number of carbonyl (C=O) groups is 1. The molecule has 1 aromatic carbocycles. The van der Waals surface area contributed by atoms with Crippen molar-refractivity contribution in [3.63, 3.8) is 0 Å². The van der Waals surface area contributed by atoms with Gasteiger partial charge in [-0.2, -0.15) is 0 Å². The first-order valence-corrected chi connectivity index (χ1v) is 7.34. The molecule has 1 heterocycles. The topological polar surface area (TPSA) is 72.6 Å². The number of carboxylic acid groups (broad SMARTS) is 1. The fourth-order valence-electron chi connectivity index (χ4n) is 2.67. The van der Waals surface area contributed by atoms with Gasteiger partial charge in [-0.15, -0.1) is 0 Å². The molecule has 0 fully saturated rings. The zero-order chi connectivity index (χ0) is 15.4. The molecule has 0 aliphatic heterocycles. The van der Waals surface area contributed by atoms with Crippen LogP contribution in [-0.2, 0) is 24.1 Å². The van der Waals surface area contributed by atoms with Gasteiger partial charge in [-0.25, -0.2) is 9.78 Å². The molecule has 0 saturated heterocycles. The minimum absolute atomic E-state index is 0.0998. The molecule has 1 aliphatic rings. The van der Waals surface area contributed by atoms with Crippen LogP contribution in [0.4, 0.5) is 0 Å². The Bertz CT molecular complexity index is 689. The van der Waals surface area contributed by atoms with Crippen molar-refractivity contribution in [2.24, 2.45) is 0 Å². The first-order valence-electron chi connectivity index (χ1n) is 7.34. The Hall–Kier alpha value is -2.56. The second kappa shape index (κ2) is 6.47. The summed E-state index contributed by atoms with van der Waals surface area (Å²) in [6.45, 7) is 0. The smallest absolute Gasteiger partial charge is 0.371 e. The predicted molar refractivity (Wildman–Crippen MR) is 79.6 cm³/mol. The zero-order valence-electron chi connectivity index (χ0n) is 12.1. The highest BCUT2D eigenvalue weighted by atomic mass is 16.5. The lowest BCUT2D eigenvalue weighted by atomic mass is 9.91. The second-order valence-corrected chi connectivity index (χ2v) is 5.21. The molecule has 0 bridgehead atoms. The molecule has 0 radical (unpaired) electrons. The summed E-state index contributed by atoms with van der Waals surface area (Å²) < 4.78 is 10.8. The number of aromatic nitrogens is 1. The van der Waals surface area contributed by atoms with E-state index in [1.807, 2.05) is 12.1 Å². The molecule has 114 valence electrons. The second-order valence-electron chi connectivity index (χ2n) is 5.21. The summed E-state index contributed by atoms with van der Waals surface area (Å²) in [5.74, 6) is -0.104. The average molecular weight is 299 g/mol. The molecule has 3 rings (SSSR count). The van der Waals surface area contributed by atoms with Crippen LogP contribution >= 0.6 is 0 Å². The Labute approximate surface area is 128 Å². The number of carboxylic acids is 1. The average Bonchev–Trinajstić information content (AvgIpc) is 3.04. The summed E-state index contributed by atoms with van der Waals surface area (Å²) >= 11 is 0. The molecule has 5 nitrogen and oxygen atoms in total. The maximum absolute atomic E-state index is 11.4. The maximum Gasteiger partial charge on any atom is 0.371 e. The van der Waals surface area contributed by atoms with Gasteiger partial charge in [0.15, 0.2) is 5.89 Å². The van der Waals surface area contributed by atoms with Gasteiger partial charge in [0, 0.05) is 6.42 Å². The van der Waals surface area contributed by atoms with Crippen molar-refractivity contribution >= 4 is 5.97 Å². The van der Waals surface area contributed by atoms with Gasteiger partial charge in [0.05, 0.1) is 6.20 Å². The van der Waals surface area contributed by atoms with E-state index in [2.05, 4.69) is 11.1 Å². The third-order valence-electron chi connectivity index (χ3n) is 3.73. The Morgan fingerprint density at radius 3 is 3.00 bits per heavy atom. The number of nitrogens with zero attached hydrogens (tertiary/aromatic N) is 1. The molecule has 0 saturated carbocycles. The molecule has 0 spiro atoms. The number of ether oxygens (including phenoxy) is 1. The van der Waals surface area contributed by atoms with E-state index in [0.717, 1.165) is 24.8 Å². The monoisotopic (exact) mass is 299 g/mol. The molecular weight excluding hydrogens is 282 g/mol. The summed E-state index contributed by atoms with van der Waals surface area (Å²) in [6, 6.07) is 5.82. The molecule has 1 aromatic heterocycles. The van der Waals surface area contributed by atoms with E-state index in [4.69, 9.17) is 9.15 Å². The third kappa shape index (κ3) is 3.19. The highest BCUT2D eigenvalue weighted by Crippen LogP contribution is 2.30. The van der Waals surface area contributed by atoms with Crippen LogP contribution in [0.25, 0.3) is 0 Å². The van der Waals surface area contributed by atoms with Crippen molar-refractivity contribution in [1.82, 2.24) is 4.98 Å². The number of aliphatic carboxylic acids is 1. The lowest BCUT2D eigenvalue weighted by molar-refractivity contribution is -0.135. The Morgan fingerprint density at radius 2 is 2.23 bits per heavy atom. The van der Waals surface area contributed by atoms with E-state index in [0.29, 0.717) is 11.6 Å². The number of oxazole rings is 1. The number of hydrogen-bond donors (Lipinski definition) is 1. The van der Waals surface area contributed by atoms with Gasteiger partial charge in [-0.05, 0) is 49.0 Å². The Morgan fingerprint density at radius 1 is 1.36 bits per heavy atom. The van der Waals surface area contributed by atoms with Crippen LogP contribution in [-0.4, -0.2) is 16.1 Å². The minimum atomic E-state index is -1.10. The lowest BCUT2D eigenvalue weighted by Gasteiger charge is -2.19. The summed E-state index contributed by atoms with van der Waals surface area (Å²) in [5.41, 5.74) is 2.37. The molecule has 2 aromatic rings. The first-order chi connectivity index (χ1) is 10.7. The van der Waals surface area contributed by atoms with Crippen molar-refractivity contribution in [1.29, 1.82) is 0 Å². The summed E-state index contributed by atoms with van der Waals surface area (Å²) in [5, 5.41) is 9.32. The van der Waals surface area contributed by atoms with Crippen molar-refractivity contribution in [2.45, 2.75) is 32.1 Å². The largest absolute Gasteiger partial charge is 0.475 e. The Balaban J connectivity index is 1.82. The third-order valence-corrected chi connectivity index (χ3v) is 3.73. The van der Waals surface area contributed by atoms with Crippen LogP contribution in [0.5, 0.6) is 5.75 Å². The normalized spacial score (nSPS) is 14.5. The minimum Gasteiger partial charge on any atom is -0.475 e. The van der Waals surface area contributed by atoms with E-state index in [1.54, 1.807) is 0 Å². The highest BCUT2D eigenvalue weighted by molar-refractivity contribution is 5.84. The zero-order valence-corrected chi connectivity index (χ0v) is 12.1. The summed E-state index contributed by atoms with van der Waals surface area (Å²) in [6.07, 6.45) is 8.97. The number of aryl methyl sites for hydroxylation is 1. The van der Waals surface area contributed by atoms with Crippen LogP contribution in [0.3, 0.4) is 0 Å². The molecular formula is C17H17NO4. The van der Waals surface area contributed by atoms with Crippen LogP contribution in [0.15, 0.2) is 46.9 Å².